The lowest BCUT2D eigenvalue weighted by Gasteiger charge is -2.28. The Morgan fingerprint density at radius 3 is 2.74 bits per heavy atom. The average Bonchev–Trinajstić information content (AvgIpc) is 2.50. The van der Waals surface area contributed by atoms with Crippen LogP contribution in [0.3, 0.4) is 0 Å². The summed E-state index contributed by atoms with van der Waals surface area (Å²) in [6, 6.07) is 6.16. The Kier molecular flexibility index (Phi) is 6.24. The summed E-state index contributed by atoms with van der Waals surface area (Å²) in [4.78, 5) is 24.3. The van der Waals surface area contributed by atoms with Gasteiger partial charge in [0.1, 0.15) is 11.8 Å². The van der Waals surface area contributed by atoms with Crippen LogP contribution in [0.2, 0.25) is 0 Å². The third-order valence-electron chi connectivity index (χ3n) is 3.51. The second kappa shape index (κ2) is 7.97. The Labute approximate surface area is 144 Å². The van der Waals surface area contributed by atoms with Crippen molar-refractivity contribution < 1.29 is 19.4 Å². The van der Waals surface area contributed by atoms with Gasteiger partial charge in [-0.2, -0.15) is 0 Å². The first-order valence-corrected chi connectivity index (χ1v) is 9.87. The SMILES string of the molecule is CC1(C)CSSCC(C(=O)OCCc2ccc(O)cc2)NC1=O. The van der Waals surface area contributed by atoms with Gasteiger partial charge in [0.15, 0.2) is 0 Å². The fraction of sp³-hybridized carbons (Fsp3) is 0.500. The highest BCUT2D eigenvalue weighted by Gasteiger charge is 2.34. The van der Waals surface area contributed by atoms with Crippen molar-refractivity contribution >= 4 is 33.5 Å². The van der Waals surface area contributed by atoms with Crippen LogP contribution >= 0.6 is 21.6 Å². The average molecular weight is 355 g/mol. The van der Waals surface area contributed by atoms with E-state index in [9.17, 15) is 14.7 Å². The Hall–Kier alpha value is -1.34. The number of aromatic hydroxyl groups is 1. The van der Waals surface area contributed by atoms with Gasteiger partial charge in [-0.05, 0) is 17.7 Å². The minimum Gasteiger partial charge on any atom is -0.508 e. The number of esters is 1. The second-order valence-electron chi connectivity index (χ2n) is 6.04. The molecular formula is C16H21NO4S2. The topological polar surface area (TPSA) is 75.6 Å². The smallest absolute Gasteiger partial charge is 0.329 e. The van der Waals surface area contributed by atoms with Gasteiger partial charge in [0, 0.05) is 17.9 Å². The van der Waals surface area contributed by atoms with E-state index in [4.69, 9.17) is 4.74 Å². The van der Waals surface area contributed by atoms with Crippen LogP contribution < -0.4 is 5.32 Å². The van der Waals surface area contributed by atoms with Crippen molar-refractivity contribution in [3.8, 4) is 5.75 Å². The van der Waals surface area contributed by atoms with Gasteiger partial charge in [-0.25, -0.2) is 4.79 Å². The van der Waals surface area contributed by atoms with E-state index in [2.05, 4.69) is 5.32 Å². The van der Waals surface area contributed by atoms with Gasteiger partial charge in [-0.1, -0.05) is 47.6 Å². The normalized spacial score (nSPS) is 21.0. The minimum absolute atomic E-state index is 0.120. The molecule has 2 rings (SSSR count). The van der Waals surface area contributed by atoms with Crippen LogP contribution in [-0.4, -0.2) is 41.1 Å². The molecule has 23 heavy (non-hydrogen) atoms. The maximum absolute atomic E-state index is 12.2. The highest BCUT2D eigenvalue weighted by molar-refractivity contribution is 8.76. The van der Waals surface area contributed by atoms with E-state index < -0.39 is 17.4 Å². The lowest BCUT2D eigenvalue weighted by molar-refractivity contribution is -0.148. The van der Waals surface area contributed by atoms with Gasteiger partial charge in [-0.3, -0.25) is 4.79 Å². The van der Waals surface area contributed by atoms with Gasteiger partial charge in [-0.15, -0.1) is 0 Å². The molecule has 0 spiro atoms. The molecule has 1 saturated heterocycles. The largest absolute Gasteiger partial charge is 0.508 e. The molecule has 0 radical (unpaired) electrons. The van der Waals surface area contributed by atoms with Gasteiger partial charge in [0.2, 0.25) is 5.91 Å². The number of hydrogen-bond donors (Lipinski definition) is 2. The Bertz CT molecular complexity index is 560. The predicted molar refractivity (Wildman–Crippen MR) is 93.4 cm³/mol. The van der Waals surface area contributed by atoms with Crippen molar-refractivity contribution in [3.05, 3.63) is 29.8 Å². The van der Waals surface area contributed by atoms with E-state index in [1.807, 2.05) is 13.8 Å². The molecule has 1 aliphatic rings. The molecule has 1 amide bonds. The third-order valence-corrected chi connectivity index (χ3v) is 6.25. The molecule has 1 aliphatic heterocycles. The molecule has 1 unspecified atom stereocenters. The van der Waals surface area contributed by atoms with Crippen LogP contribution in [0, 0.1) is 5.41 Å². The lowest BCUT2D eigenvalue weighted by atomic mass is 9.95. The molecule has 1 aromatic carbocycles. The number of ether oxygens (including phenoxy) is 1. The first kappa shape index (κ1) is 18.0. The number of hydrogen-bond acceptors (Lipinski definition) is 6. The number of nitrogens with one attached hydrogen (secondary N) is 1. The first-order chi connectivity index (χ1) is 10.9. The maximum Gasteiger partial charge on any atom is 0.329 e. The van der Waals surface area contributed by atoms with E-state index >= 15 is 0 Å². The lowest BCUT2D eigenvalue weighted by Crippen LogP contribution is -2.50. The van der Waals surface area contributed by atoms with Gasteiger partial charge in [0.25, 0.3) is 0 Å². The van der Waals surface area contributed by atoms with Crippen LogP contribution in [0.5, 0.6) is 5.75 Å². The summed E-state index contributed by atoms with van der Waals surface area (Å²) in [6.07, 6.45) is 0.570. The zero-order valence-corrected chi connectivity index (χ0v) is 14.8. The van der Waals surface area contributed by atoms with E-state index in [-0.39, 0.29) is 18.3 Å². The van der Waals surface area contributed by atoms with Crippen molar-refractivity contribution in [3.63, 3.8) is 0 Å². The van der Waals surface area contributed by atoms with Crippen LogP contribution in [0.25, 0.3) is 0 Å². The number of benzene rings is 1. The fourth-order valence-corrected chi connectivity index (χ4v) is 4.72. The summed E-state index contributed by atoms with van der Waals surface area (Å²) in [5, 5.41) is 12.0. The fourth-order valence-electron chi connectivity index (χ4n) is 1.93. The number of phenols is 1. The molecule has 5 nitrogen and oxygen atoms in total. The molecule has 7 heteroatoms. The molecule has 0 aromatic heterocycles. The summed E-state index contributed by atoms with van der Waals surface area (Å²) in [5.74, 6) is 0.908. The molecule has 1 atom stereocenters. The highest BCUT2D eigenvalue weighted by atomic mass is 33.1. The van der Waals surface area contributed by atoms with E-state index in [1.54, 1.807) is 45.9 Å². The van der Waals surface area contributed by atoms with Gasteiger partial charge >= 0.3 is 5.97 Å². The second-order valence-corrected chi connectivity index (χ2v) is 8.55. The van der Waals surface area contributed by atoms with Crippen molar-refractivity contribution in [2.45, 2.75) is 26.3 Å². The Morgan fingerprint density at radius 1 is 1.35 bits per heavy atom. The van der Waals surface area contributed by atoms with E-state index in [1.165, 1.54) is 0 Å². The summed E-state index contributed by atoms with van der Waals surface area (Å²) in [6.45, 7) is 3.99. The van der Waals surface area contributed by atoms with Gasteiger partial charge < -0.3 is 15.2 Å². The molecule has 0 aliphatic carbocycles. The summed E-state index contributed by atoms with van der Waals surface area (Å²) < 4.78 is 5.29. The molecule has 1 fully saturated rings. The zero-order valence-electron chi connectivity index (χ0n) is 13.2. The summed E-state index contributed by atoms with van der Waals surface area (Å²) in [7, 11) is 3.18. The first-order valence-electron chi connectivity index (χ1n) is 7.38. The Morgan fingerprint density at radius 2 is 2.04 bits per heavy atom. The quantitative estimate of drug-likeness (QED) is 0.638. The van der Waals surface area contributed by atoms with Crippen LogP contribution in [0.1, 0.15) is 19.4 Å². The summed E-state index contributed by atoms with van der Waals surface area (Å²) in [5.41, 5.74) is 0.478. The number of phenolic OH excluding ortho intramolecular Hbond substituents is 1. The number of rotatable bonds is 4. The van der Waals surface area contributed by atoms with Gasteiger partial charge in [0.05, 0.1) is 12.0 Å². The molecule has 126 valence electrons. The minimum atomic E-state index is -0.612. The van der Waals surface area contributed by atoms with E-state index in [0.29, 0.717) is 17.9 Å². The van der Waals surface area contributed by atoms with Crippen LogP contribution in [0.15, 0.2) is 24.3 Å². The van der Waals surface area contributed by atoms with Crippen molar-refractivity contribution in [2.75, 3.05) is 18.1 Å². The third kappa shape index (κ3) is 5.35. The molecule has 1 aromatic rings. The predicted octanol–water partition coefficient (Wildman–Crippen LogP) is 2.38. The zero-order chi connectivity index (χ0) is 16.9. The highest BCUT2D eigenvalue weighted by Crippen LogP contribution is 2.33. The van der Waals surface area contributed by atoms with Crippen molar-refractivity contribution in [2.24, 2.45) is 5.41 Å². The van der Waals surface area contributed by atoms with Crippen LogP contribution in [0.4, 0.5) is 0 Å². The monoisotopic (exact) mass is 355 g/mol. The van der Waals surface area contributed by atoms with E-state index in [0.717, 1.165) is 5.56 Å². The molecular weight excluding hydrogens is 334 g/mol. The molecule has 1 heterocycles. The number of carbonyl (C=O) groups excluding carboxylic acids is 2. The Balaban J connectivity index is 1.84. The van der Waals surface area contributed by atoms with Crippen molar-refractivity contribution in [1.29, 1.82) is 0 Å². The number of amides is 1. The van der Waals surface area contributed by atoms with Crippen LogP contribution in [-0.2, 0) is 20.7 Å². The molecule has 0 saturated carbocycles. The molecule has 0 bridgehead atoms. The summed E-state index contributed by atoms with van der Waals surface area (Å²) >= 11 is 0. The molecule has 2 N–H and O–H groups in total. The van der Waals surface area contributed by atoms with Crippen molar-refractivity contribution in [1.82, 2.24) is 5.32 Å². The number of carbonyl (C=O) groups is 2. The maximum atomic E-state index is 12.2. The standard InChI is InChI=1S/C16H21NO4S2/c1-16(2)10-23-22-9-13(17-15(16)20)14(19)21-8-7-11-3-5-12(18)6-4-11/h3-6,13,18H,7-10H2,1-2H3,(H,17,20).